The Kier molecular flexibility index (Phi) is 5.58. The van der Waals surface area contributed by atoms with Crippen LogP contribution in [-0.2, 0) is 0 Å². The van der Waals surface area contributed by atoms with Gasteiger partial charge in [-0.05, 0) is 24.3 Å². The molecule has 1 N–H and O–H groups in total. The lowest BCUT2D eigenvalue weighted by atomic mass is 10.2. The van der Waals surface area contributed by atoms with Crippen LogP contribution in [0.25, 0.3) is 0 Å². The van der Waals surface area contributed by atoms with Gasteiger partial charge in [-0.2, -0.15) is 0 Å². The van der Waals surface area contributed by atoms with E-state index in [9.17, 15) is 19.7 Å². The number of aromatic hydroxyl groups is 1. The van der Waals surface area contributed by atoms with E-state index in [1.54, 1.807) is 12.1 Å². The van der Waals surface area contributed by atoms with Crippen molar-refractivity contribution in [1.82, 2.24) is 0 Å². The van der Waals surface area contributed by atoms with Gasteiger partial charge in [0.05, 0.1) is 4.92 Å². The molecule has 0 aliphatic heterocycles. The molecule has 0 aliphatic carbocycles. The number of carbonyl (C=O) groups excluding carboxylic acids is 2. The average Bonchev–Trinajstić information content (AvgIpc) is 2.48. The first kappa shape index (κ1) is 15.0. The summed E-state index contributed by atoms with van der Waals surface area (Å²) in [5.74, 6) is 0.125. The third kappa shape index (κ3) is 4.69. The number of nitro groups is 1. The predicted octanol–water partition coefficient (Wildman–Crippen LogP) is 2.61. The van der Waals surface area contributed by atoms with Crippen LogP contribution in [0.4, 0.5) is 5.69 Å². The van der Waals surface area contributed by atoms with Crippen molar-refractivity contribution in [3.8, 4) is 5.75 Å². The summed E-state index contributed by atoms with van der Waals surface area (Å²) in [5, 5.41) is 18.9. The van der Waals surface area contributed by atoms with Crippen LogP contribution in [0, 0.1) is 10.1 Å². The molecular formula is C14H11NO5. The quantitative estimate of drug-likeness (QED) is 0.526. The maximum atomic E-state index is 10.1. The summed E-state index contributed by atoms with van der Waals surface area (Å²) in [6, 6.07) is 11.6. The highest BCUT2D eigenvalue weighted by Gasteiger charge is 2.02. The van der Waals surface area contributed by atoms with Crippen molar-refractivity contribution in [1.29, 1.82) is 0 Å². The zero-order valence-electron chi connectivity index (χ0n) is 10.3. The Morgan fingerprint density at radius 2 is 1.55 bits per heavy atom. The van der Waals surface area contributed by atoms with Gasteiger partial charge in [0.25, 0.3) is 5.69 Å². The molecule has 2 aromatic carbocycles. The molecule has 2 aromatic rings. The summed E-state index contributed by atoms with van der Waals surface area (Å²) in [6.45, 7) is 0. The molecule has 0 saturated carbocycles. The lowest BCUT2D eigenvalue weighted by molar-refractivity contribution is -0.384. The van der Waals surface area contributed by atoms with Gasteiger partial charge >= 0.3 is 0 Å². The fraction of sp³-hybridized carbons (Fsp3) is 0. The molecule has 2 rings (SSSR count). The van der Waals surface area contributed by atoms with Gasteiger partial charge in [0.1, 0.15) is 18.3 Å². The minimum atomic E-state index is -0.505. The molecule has 0 unspecified atom stereocenters. The largest absolute Gasteiger partial charge is 0.508 e. The first-order valence-electron chi connectivity index (χ1n) is 5.50. The van der Waals surface area contributed by atoms with Gasteiger partial charge in [0, 0.05) is 23.3 Å². The third-order valence-electron chi connectivity index (χ3n) is 2.25. The van der Waals surface area contributed by atoms with Gasteiger partial charge in [-0.1, -0.05) is 12.1 Å². The minimum absolute atomic E-state index is 0.00407. The van der Waals surface area contributed by atoms with Crippen molar-refractivity contribution >= 4 is 18.3 Å². The Labute approximate surface area is 114 Å². The predicted molar refractivity (Wildman–Crippen MR) is 72.0 cm³/mol. The van der Waals surface area contributed by atoms with Gasteiger partial charge in [-0.3, -0.25) is 19.7 Å². The second-order valence-electron chi connectivity index (χ2n) is 3.68. The molecule has 102 valence electrons. The number of hydrogen-bond acceptors (Lipinski definition) is 5. The number of nitrogens with zero attached hydrogens (tertiary/aromatic N) is 1. The molecule has 0 fully saturated rings. The summed E-state index contributed by atoms with van der Waals surface area (Å²) >= 11 is 0. The molecular weight excluding hydrogens is 262 g/mol. The summed E-state index contributed by atoms with van der Waals surface area (Å²) < 4.78 is 0. The normalized spacial score (nSPS) is 9.00. The van der Waals surface area contributed by atoms with Crippen LogP contribution < -0.4 is 0 Å². The molecule has 0 amide bonds. The second-order valence-corrected chi connectivity index (χ2v) is 3.68. The molecule has 0 bridgehead atoms. The smallest absolute Gasteiger partial charge is 0.269 e. The maximum absolute atomic E-state index is 10.1. The summed E-state index contributed by atoms with van der Waals surface area (Å²) in [7, 11) is 0. The zero-order valence-corrected chi connectivity index (χ0v) is 10.3. The van der Waals surface area contributed by atoms with Crippen molar-refractivity contribution in [3.05, 3.63) is 69.8 Å². The molecule has 0 aliphatic rings. The zero-order chi connectivity index (χ0) is 15.0. The first-order chi connectivity index (χ1) is 9.56. The highest BCUT2D eigenvalue weighted by Crippen LogP contribution is 2.10. The van der Waals surface area contributed by atoms with Crippen molar-refractivity contribution in [3.63, 3.8) is 0 Å². The number of nitro benzene ring substituents is 1. The molecule has 6 heteroatoms. The Hall–Kier alpha value is -3.02. The number of hydrogen-bond donors (Lipinski definition) is 1. The van der Waals surface area contributed by atoms with Crippen LogP contribution in [0.15, 0.2) is 48.5 Å². The second kappa shape index (κ2) is 7.42. The van der Waals surface area contributed by atoms with E-state index in [1.807, 2.05) is 0 Å². The van der Waals surface area contributed by atoms with Crippen molar-refractivity contribution in [2.45, 2.75) is 0 Å². The summed E-state index contributed by atoms with van der Waals surface area (Å²) in [6.07, 6.45) is 1.34. The van der Waals surface area contributed by atoms with E-state index in [2.05, 4.69) is 0 Å². The number of phenolic OH excluding ortho intramolecular Hbond substituents is 1. The summed E-state index contributed by atoms with van der Waals surface area (Å²) in [5.41, 5.74) is 0.932. The van der Waals surface area contributed by atoms with Gasteiger partial charge in [-0.25, -0.2) is 0 Å². The monoisotopic (exact) mass is 273 g/mol. The van der Waals surface area contributed by atoms with Gasteiger partial charge < -0.3 is 5.11 Å². The first-order valence-corrected chi connectivity index (χ1v) is 5.50. The van der Waals surface area contributed by atoms with Crippen LogP contribution in [0.1, 0.15) is 20.7 Å². The van der Waals surface area contributed by atoms with Crippen molar-refractivity contribution < 1.29 is 19.6 Å². The lowest BCUT2D eigenvalue weighted by Crippen LogP contribution is -1.87. The van der Waals surface area contributed by atoms with E-state index in [0.717, 1.165) is 0 Å². The van der Waals surface area contributed by atoms with E-state index in [0.29, 0.717) is 23.7 Å². The molecule has 0 radical (unpaired) electrons. The van der Waals surface area contributed by atoms with Crippen LogP contribution in [0.5, 0.6) is 5.75 Å². The highest BCUT2D eigenvalue weighted by molar-refractivity contribution is 5.75. The molecule has 0 atom stereocenters. The van der Waals surface area contributed by atoms with Gasteiger partial charge in [-0.15, -0.1) is 0 Å². The molecule has 6 nitrogen and oxygen atoms in total. The lowest BCUT2D eigenvalue weighted by Gasteiger charge is -1.89. The number of phenols is 1. The number of aldehydes is 2. The van der Waals surface area contributed by atoms with Crippen molar-refractivity contribution in [2.75, 3.05) is 0 Å². The van der Waals surface area contributed by atoms with E-state index < -0.39 is 4.92 Å². The Bertz CT molecular complexity index is 607. The van der Waals surface area contributed by atoms with Crippen LogP contribution in [0.2, 0.25) is 0 Å². The number of benzene rings is 2. The third-order valence-corrected chi connectivity index (χ3v) is 2.25. The Morgan fingerprint density at radius 3 is 1.95 bits per heavy atom. The van der Waals surface area contributed by atoms with E-state index in [1.165, 1.54) is 36.4 Å². The highest BCUT2D eigenvalue weighted by atomic mass is 16.6. The van der Waals surface area contributed by atoms with Crippen LogP contribution in [0.3, 0.4) is 0 Å². The minimum Gasteiger partial charge on any atom is -0.508 e. The molecule has 0 heterocycles. The molecule has 0 aromatic heterocycles. The molecule has 0 saturated heterocycles. The number of rotatable bonds is 3. The fourth-order valence-electron chi connectivity index (χ4n) is 1.27. The number of non-ortho nitro benzene ring substituents is 1. The average molecular weight is 273 g/mol. The van der Waals surface area contributed by atoms with E-state index in [4.69, 9.17) is 5.11 Å². The van der Waals surface area contributed by atoms with E-state index in [-0.39, 0.29) is 11.4 Å². The topological polar surface area (TPSA) is 97.5 Å². The standard InChI is InChI=1S/C7H5NO3.C7H6O2/c9-5-6-1-3-7(4-2-6)8(10)11;8-5-6-2-1-3-7(9)4-6/h1-5H;1-5,9H. The Balaban J connectivity index is 0.000000204. The molecule has 0 spiro atoms. The summed E-state index contributed by atoms with van der Waals surface area (Å²) in [4.78, 5) is 29.8. The molecule has 20 heavy (non-hydrogen) atoms. The van der Waals surface area contributed by atoms with Crippen LogP contribution >= 0.6 is 0 Å². The van der Waals surface area contributed by atoms with Crippen LogP contribution in [-0.4, -0.2) is 22.6 Å². The Morgan fingerprint density at radius 1 is 0.950 bits per heavy atom. The number of carbonyl (C=O) groups is 2. The SMILES string of the molecule is O=Cc1ccc([N+](=O)[O-])cc1.O=Cc1cccc(O)c1. The van der Waals surface area contributed by atoms with Crippen molar-refractivity contribution in [2.24, 2.45) is 0 Å². The van der Waals surface area contributed by atoms with Gasteiger partial charge in [0.2, 0.25) is 0 Å². The van der Waals surface area contributed by atoms with Gasteiger partial charge in [0.15, 0.2) is 0 Å². The maximum Gasteiger partial charge on any atom is 0.269 e. The fourth-order valence-corrected chi connectivity index (χ4v) is 1.27. The van der Waals surface area contributed by atoms with E-state index >= 15 is 0 Å².